The van der Waals surface area contributed by atoms with Crippen LogP contribution in [0.25, 0.3) is 0 Å². The monoisotopic (exact) mass is 471 g/mol. The van der Waals surface area contributed by atoms with E-state index in [4.69, 9.17) is 4.55 Å². The summed E-state index contributed by atoms with van der Waals surface area (Å²) in [4.78, 5) is 32.2. The number of benzene rings is 1. The van der Waals surface area contributed by atoms with Crippen LogP contribution in [0.15, 0.2) is 24.3 Å². The fourth-order valence-electron chi connectivity index (χ4n) is 6.06. The Morgan fingerprint density at radius 1 is 1.27 bits per heavy atom. The molecule has 10 heteroatoms. The number of likely N-dealkylation sites (tertiary alicyclic amines) is 3. The van der Waals surface area contributed by atoms with Crippen molar-refractivity contribution in [3.05, 3.63) is 29.8 Å². The Balaban J connectivity index is 1.21. The molecule has 3 aliphatic heterocycles. The highest BCUT2D eigenvalue weighted by Gasteiger charge is 2.55. The SMILES string of the molecule is C[C@H](c1ccc(NS(=O)O)cc1)N1C(=O)[C@H]2C[C@@H]1CN2C[C@H](C)C(=O)N1C2C[C@H]2C[C@H]1C#N. The van der Waals surface area contributed by atoms with E-state index in [0.717, 1.165) is 31.4 Å². The van der Waals surface area contributed by atoms with E-state index in [1.54, 1.807) is 12.1 Å². The Hall–Kier alpha value is -2.48. The van der Waals surface area contributed by atoms with Gasteiger partial charge in [-0.1, -0.05) is 19.1 Å². The first kappa shape index (κ1) is 22.3. The zero-order valence-corrected chi connectivity index (χ0v) is 19.6. The summed E-state index contributed by atoms with van der Waals surface area (Å²) in [5.41, 5.74) is 1.51. The van der Waals surface area contributed by atoms with Gasteiger partial charge in [-0.15, -0.1) is 0 Å². The number of rotatable bonds is 7. The normalized spacial score (nSPS) is 32.9. The number of nitrogens with zero attached hydrogens (tertiary/aromatic N) is 4. The molecule has 8 atom stereocenters. The third-order valence-corrected chi connectivity index (χ3v) is 8.18. The molecule has 0 radical (unpaired) electrons. The van der Waals surface area contributed by atoms with Crippen LogP contribution in [0.5, 0.6) is 0 Å². The maximum Gasteiger partial charge on any atom is 0.259 e. The highest BCUT2D eigenvalue weighted by Crippen LogP contribution is 2.48. The van der Waals surface area contributed by atoms with Crippen molar-refractivity contribution in [2.45, 2.75) is 63.3 Å². The predicted octanol–water partition coefficient (Wildman–Crippen LogP) is 1.73. The molecule has 0 aromatic heterocycles. The Morgan fingerprint density at radius 2 is 2.00 bits per heavy atom. The number of nitriles is 1. The van der Waals surface area contributed by atoms with Crippen molar-refractivity contribution < 1.29 is 18.4 Å². The molecule has 0 spiro atoms. The van der Waals surface area contributed by atoms with Crippen LogP contribution >= 0.6 is 0 Å². The topological polar surface area (TPSA) is 117 Å². The molecule has 176 valence electrons. The molecule has 2 amide bonds. The average Bonchev–Trinajstić information content (AvgIpc) is 3.12. The molecule has 2 bridgehead atoms. The molecule has 1 saturated carbocycles. The van der Waals surface area contributed by atoms with Crippen LogP contribution in [-0.4, -0.2) is 72.5 Å². The summed E-state index contributed by atoms with van der Waals surface area (Å²) in [6.45, 7) is 5.20. The van der Waals surface area contributed by atoms with E-state index < -0.39 is 11.3 Å². The number of hydrogen-bond acceptors (Lipinski definition) is 5. The molecule has 33 heavy (non-hydrogen) atoms. The van der Waals surface area contributed by atoms with Crippen LogP contribution in [0.1, 0.15) is 44.7 Å². The highest BCUT2D eigenvalue weighted by molar-refractivity contribution is 7.80. The molecular weight excluding hydrogens is 442 g/mol. The van der Waals surface area contributed by atoms with Gasteiger partial charge in [-0.2, -0.15) is 5.26 Å². The molecule has 9 nitrogen and oxygen atoms in total. The predicted molar refractivity (Wildman–Crippen MR) is 122 cm³/mol. The second-order valence-electron chi connectivity index (χ2n) is 9.84. The molecule has 3 saturated heterocycles. The first-order chi connectivity index (χ1) is 15.8. The van der Waals surface area contributed by atoms with Gasteiger partial charge in [0.15, 0.2) is 0 Å². The van der Waals surface area contributed by atoms with Crippen molar-refractivity contribution in [2.75, 3.05) is 17.8 Å². The van der Waals surface area contributed by atoms with Crippen LogP contribution in [0.2, 0.25) is 0 Å². The van der Waals surface area contributed by atoms with Gasteiger partial charge in [0, 0.05) is 36.8 Å². The molecular formula is C23H29N5O4S. The second-order valence-corrected chi connectivity index (χ2v) is 10.5. The van der Waals surface area contributed by atoms with Gasteiger partial charge < -0.3 is 9.80 Å². The standard InChI is InChI=1S/C23H29N5O4S/c1-13(22(29)28-18(10-24)7-16-8-20(16)28)11-26-12-19-9-21(26)23(30)27(19)14(2)15-3-5-17(6-4-15)25-33(31)32/h3-6,13-14,16,18-21,25H,7-9,11-12H2,1-2H3,(H,31,32)/t13-,14+,16+,18-,19+,20?,21+/m0/s1. The number of amides is 2. The van der Waals surface area contributed by atoms with Crippen LogP contribution in [0, 0.1) is 23.2 Å². The fraction of sp³-hybridized carbons (Fsp3) is 0.609. The van der Waals surface area contributed by atoms with Crippen molar-refractivity contribution in [3.8, 4) is 6.07 Å². The maximum atomic E-state index is 13.2. The van der Waals surface area contributed by atoms with Gasteiger partial charge in [0.25, 0.3) is 11.3 Å². The van der Waals surface area contributed by atoms with Crippen molar-refractivity contribution >= 4 is 28.8 Å². The Morgan fingerprint density at radius 3 is 2.64 bits per heavy atom. The molecule has 5 rings (SSSR count). The summed E-state index contributed by atoms with van der Waals surface area (Å²) >= 11 is -2.12. The van der Waals surface area contributed by atoms with E-state index in [1.807, 2.05) is 35.8 Å². The zero-order valence-electron chi connectivity index (χ0n) is 18.8. The minimum atomic E-state index is -2.12. The Bertz CT molecular complexity index is 1030. The summed E-state index contributed by atoms with van der Waals surface area (Å²) in [6, 6.07) is 9.23. The molecule has 1 aromatic carbocycles. The molecule has 1 aromatic rings. The summed E-state index contributed by atoms with van der Waals surface area (Å²) < 4.78 is 22.3. The number of piperidine rings is 1. The van der Waals surface area contributed by atoms with Crippen LogP contribution in [0.3, 0.4) is 0 Å². The number of carbonyl (C=O) groups is 2. The van der Waals surface area contributed by atoms with Crippen molar-refractivity contribution in [1.29, 1.82) is 5.26 Å². The summed E-state index contributed by atoms with van der Waals surface area (Å²) in [5, 5.41) is 9.41. The second kappa shape index (κ2) is 8.38. The molecule has 4 aliphatic rings. The summed E-state index contributed by atoms with van der Waals surface area (Å²) in [5.74, 6) is 0.399. The van der Waals surface area contributed by atoms with E-state index in [0.29, 0.717) is 18.2 Å². The number of carbonyl (C=O) groups excluding carboxylic acids is 2. The smallest absolute Gasteiger partial charge is 0.259 e. The molecule has 2 N–H and O–H groups in total. The fourth-order valence-corrected chi connectivity index (χ4v) is 6.40. The summed E-state index contributed by atoms with van der Waals surface area (Å²) in [7, 11) is 0. The van der Waals surface area contributed by atoms with Crippen molar-refractivity contribution in [1.82, 2.24) is 14.7 Å². The minimum absolute atomic E-state index is 0.0458. The zero-order chi connectivity index (χ0) is 23.4. The minimum Gasteiger partial charge on any atom is -0.330 e. The molecule has 3 heterocycles. The van der Waals surface area contributed by atoms with Gasteiger partial charge in [0.2, 0.25) is 11.8 Å². The van der Waals surface area contributed by atoms with Crippen molar-refractivity contribution in [3.63, 3.8) is 0 Å². The summed E-state index contributed by atoms with van der Waals surface area (Å²) in [6.07, 6.45) is 2.59. The van der Waals surface area contributed by atoms with Crippen LogP contribution < -0.4 is 4.72 Å². The van der Waals surface area contributed by atoms with E-state index in [9.17, 15) is 19.1 Å². The van der Waals surface area contributed by atoms with E-state index in [2.05, 4.69) is 15.7 Å². The lowest BCUT2D eigenvalue weighted by atomic mass is 10.0. The first-order valence-electron chi connectivity index (χ1n) is 11.5. The maximum absolute atomic E-state index is 13.2. The van der Waals surface area contributed by atoms with Gasteiger partial charge in [0.1, 0.15) is 6.04 Å². The van der Waals surface area contributed by atoms with Crippen LogP contribution in [-0.2, 0) is 20.9 Å². The van der Waals surface area contributed by atoms with Crippen molar-refractivity contribution in [2.24, 2.45) is 11.8 Å². The Kier molecular flexibility index (Phi) is 5.67. The lowest BCUT2D eigenvalue weighted by molar-refractivity contribution is -0.142. The quantitative estimate of drug-likeness (QED) is 0.585. The van der Waals surface area contributed by atoms with Gasteiger partial charge in [-0.05, 0) is 49.8 Å². The lowest BCUT2D eigenvalue weighted by Gasteiger charge is -2.38. The highest BCUT2D eigenvalue weighted by atomic mass is 32.2. The average molecular weight is 472 g/mol. The molecule has 2 unspecified atom stereocenters. The van der Waals surface area contributed by atoms with Gasteiger partial charge in [0.05, 0.1) is 18.2 Å². The van der Waals surface area contributed by atoms with E-state index in [1.165, 1.54) is 0 Å². The van der Waals surface area contributed by atoms with E-state index in [-0.39, 0.29) is 47.9 Å². The number of fused-ring (bicyclic) bond motifs is 3. The van der Waals surface area contributed by atoms with Gasteiger partial charge in [-0.3, -0.25) is 23.8 Å². The number of anilines is 1. The number of piperazine rings is 1. The lowest BCUT2D eigenvalue weighted by Crippen LogP contribution is -2.53. The first-order valence-corrected chi connectivity index (χ1v) is 12.6. The Labute approximate surface area is 196 Å². The largest absolute Gasteiger partial charge is 0.330 e. The number of hydrogen-bond donors (Lipinski definition) is 2. The van der Waals surface area contributed by atoms with Gasteiger partial charge >= 0.3 is 0 Å². The molecule has 1 aliphatic carbocycles. The third-order valence-electron chi connectivity index (χ3n) is 7.77. The third kappa shape index (κ3) is 3.92. The number of nitrogens with one attached hydrogen (secondary N) is 1. The van der Waals surface area contributed by atoms with Gasteiger partial charge in [-0.25, -0.2) is 4.21 Å². The van der Waals surface area contributed by atoms with E-state index >= 15 is 0 Å². The molecule has 4 fully saturated rings. The van der Waals surface area contributed by atoms with Crippen LogP contribution in [0.4, 0.5) is 5.69 Å².